The predicted octanol–water partition coefficient (Wildman–Crippen LogP) is 5.52. The Kier molecular flexibility index (Phi) is 5.56. The zero-order valence-corrected chi connectivity index (χ0v) is 19.8. The average molecular weight is 498 g/mol. The highest BCUT2D eigenvalue weighted by atomic mass is 19.1. The summed E-state index contributed by atoms with van der Waals surface area (Å²) in [7, 11) is 0. The lowest BCUT2D eigenvalue weighted by Crippen LogP contribution is -2.22. The standard InChI is InChI=1S/C27H21F2N7O/c1-3-35(23-11-18(28)8-7-16(23)2)27-32-14-21-26(34-27)36(25(33-21)17-12-30-15-31-13-17)22-9-10-37-24-19(22)5-4-6-20(24)29/h3-8,11-15,22H,1,9-10H2,2H3/t22-/m1/s1. The van der Waals surface area contributed by atoms with Crippen LogP contribution in [0.1, 0.15) is 23.6 Å². The Bertz CT molecular complexity index is 1640. The van der Waals surface area contributed by atoms with E-state index in [0.29, 0.717) is 52.8 Å². The number of para-hydroxylation sites is 1. The first-order chi connectivity index (χ1) is 18.0. The van der Waals surface area contributed by atoms with E-state index < -0.39 is 5.82 Å². The van der Waals surface area contributed by atoms with Gasteiger partial charge in [0.25, 0.3) is 0 Å². The first kappa shape index (κ1) is 22.7. The number of fused-ring (bicyclic) bond motifs is 2. The van der Waals surface area contributed by atoms with Crippen molar-refractivity contribution in [2.45, 2.75) is 19.4 Å². The lowest BCUT2D eigenvalue weighted by atomic mass is 9.99. The molecule has 1 atom stereocenters. The van der Waals surface area contributed by atoms with Gasteiger partial charge in [-0.15, -0.1) is 0 Å². The zero-order chi connectivity index (χ0) is 25.5. The number of rotatable bonds is 5. The van der Waals surface area contributed by atoms with Crippen molar-refractivity contribution >= 4 is 22.8 Å². The number of aryl methyl sites for hydroxylation is 1. The molecule has 0 unspecified atom stereocenters. The quantitative estimate of drug-likeness (QED) is 0.316. The van der Waals surface area contributed by atoms with Crippen LogP contribution in [0.4, 0.5) is 20.4 Å². The average Bonchev–Trinajstić information content (AvgIpc) is 3.30. The van der Waals surface area contributed by atoms with E-state index in [1.165, 1.54) is 30.7 Å². The summed E-state index contributed by atoms with van der Waals surface area (Å²) in [6, 6.07) is 9.05. The second-order valence-electron chi connectivity index (χ2n) is 8.61. The van der Waals surface area contributed by atoms with Crippen LogP contribution in [0, 0.1) is 18.6 Å². The van der Waals surface area contributed by atoms with Gasteiger partial charge < -0.3 is 9.30 Å². The smallest absolute Gasteiger partial charge is 0.236 e. The summed E-state index contributed by atoms with van der Waals surface area (Å²) >= 11 is 0. The summed E-state index contributed by atoms with van der Waals surface area (Å²) in [5.41, 5.74) is 3.81. The van der Waals surface area contributed by atoms with Crippen LogP contribution in [-0.2, 0) is 0 Å². The monoisotopic (exact) mass is 497 g/mol. The van der Waals surface area contributed by atoms with Crippen LogP contribution in [0.25, 0.3) is 22.6 Å². The number of anilines is 2. The number of nitrogens with zero attached hydrogens (tertiary/aromatic N) is 7. The van der Waals surface area contributed by atoms with E-state index in [4.69, 9.17) is 14.7 Å². The van der Waals surface area contributed by atoms with E-state index >= 15 is 0 Å². The molecule has 8 nitrogen and oxygen atoms in total. The highest BCUT2D eigenvalue weighted by Crippen LogP contribution is 2.40. The topological polar surface area (TPSA) is 81.9 Å². The molecule has 3 aromatic heterocycles. The van der Waals surface area contributed by atoms with Crippen molar-refractivity contribution in [2.24, 2.45) is 0 Å². The van der Waals surface area contributed by atoms with Gasteiger partial charge in [-0.3, -0.25) is 4.90 Å². The Morgan fingerprint density at radius 1 is 1.11 bits per heavy atom. The van der Waals surface area contributed by atoms with Crippen LogP contribution < -0.4 is 9.64 Å². The highest BCUT2D eigenvalue weighted by molar-refractivity contribution is 5.79. The fourth-order valence-electron chi connectivity index (χ4n) is 4.68. The number of hydrogen-bond donors (Lipinski definition) is 0. The lowest BCUT2D eigenvalue weighted by Gasteiger charge is -2.28. The summed E-state index contributed by atoms with van der Waals surface area (Å²) < 4.78 is 36.4. The van der Waals surface area contributed by atoms with Gasteiger partial charge in [-0.25, -0.2) is 28.7 Å². The second kappa shape index (κ2) is 9.05. The van der Waals surface area contributed by atoms with Crippen molar-refractivity contribution in [3.63, 3.8) is 0 Å². The van der Waals surface area contributed by atoms with Crippen molar-refractivity contribution in [1.82, 2.24) is 29.5 Å². The maximum atomic E-state index is 14.7. The molecule has 1 aliphatic rings. The number of ether oxygens (including phenoxy) is 1. The fraction of sp³-hybridized carbons (Fsp3) is 0.148. The molecule has 10 heteroatoms. The summed E-state index contributed by atoms with van der Waals surface area (Å²) in [5, 5.41) is 0. The number of hydrogen-bond acceptors (Lipinski definition) is 7. The molecule has 6 rings (SSSR count). The molecule has 37 heavy (non-hydrogen) atoms. The molecule has 0 saturated heterocycles. The number of halogens is 2. The minimum atomic E-state index is -0.425. The van der Waals surface area contributed by atoms with E-state index in [9.17, 15) is 8.78 Å². The molecule has 0 fully saturated rings. The lowest BCUT2D eigenvalue weighted by molar-refractivity contribution is 0.246. The molecule has 184 valence electrons. The maximum absolute atomic E-state index is 14.7. The Morgan fingerprint density at radius 3 is 2.76 bits per heavy atom. The maximum Gasteiger partial charge on any atom is 0.236 e. The van der Waals surface area contributed by atoms with Crippen LogP contribution in [-0.4, -0.2) is 36.1 Å². The van der Waals surface area contributed by atoms with Crippen LogP contribution in [0.15, 0.2) is 74.1 Å². The van der Waals surface area contributed by atoms with E-state index in [2.05, 4.69) is 21.5 Å². The molecule has 0 N–H and O–H groups in total. The van der Waals surface area contributed by atoms with E-state index in [-0.39, 0.29) is 17.6 Å². The molecule has 0 saturated carbocycles. The number of aromatic nitrogens is 6. The fourth-order valence-corrected chi connectivity index (χ4v) is 4.68. The van der Waals surface area contributed by atoms with Gasteiger partial charge >= 0.3 is 0 Å². The third-order valence-electron chi connectivity index (χ3n) is 6.37. The molecular weight excluding hydrogens is 476 g/mol. The van der Waals surface area contributed by atoms with Gasteiger partial charge in [0.1, 0.15) is 23.5 Å². The van der Waals surface area contributed by atoms with Crippen LogP contribution in [0.2, 0.25) is 0 Å². The molecule has 0 bridgehead atoms. The molecule has 4 heterocycles. The highest BCUT2D eigenvalue weighted by Gasteiger charge is 2.30. The van der Waals surface area contributed by atoms with Crippen LogP contribution in [0.5, 0.6) is 5.75 Å². The summed E-state index contributed by atoms with van der Waals surface area (Å²) in [4.78, 5) is 24.1. The Morgan fingerprint density at radius 2 is 1.95 bits per heavy atom. The first-order valence-corrected chi connectivity index (χ1v) is 11.6. The van der Waals surface area contributed by atoms with E-state index in [0.717, 1.165) is 5.56 Å². The summed E-state index contributed by atoms with van der Waals surface area (Å²) in [5.74, 6) is 0.265. The van der Waals surface area contributed by atoms with Gasteiger partial charge in [0, 0.05) is 30.6 Å². The molecule has 0 radical (unpaired) electrons. The molecule has 0 aliphatic carbocycles. The van der Waals surface area contributed by atoms with Gasteiger partial charge in [-0.05, 0) is 30.7 Å². The van der Waals surface area contributed by atoms with Crippen LogP contribution >= 0.6 is 0 Å². The van der Waals surface area contributed by atoms with Gasteiger partial charge in [0.05, 0.1) is 30.1 Å². The third kappa shape index (κ3) is 3.86. The molecule has 0 amide bonds. The Balaban J connectivity index is 1.59. The molecule has 1 aliphatic heterocycles. The summed E-state index contributed by atoms with van der Waals surface area (Å²) in [6.07, 6.45) is 8.48. The van der Waals surface area contributed by atoms with Crippen LogP contribution in [0.3, 0.4) is 0 Å². The molecule has 2 aromatic carbocycles. The van der Waals surface area contributed by atoms with Gasteiger partial charge in [-0.2, -0.15) is 4.98 Å². The molecule has 0 spiro atoms. The predicted molar refractivity (Wildman–Crippen MR) is 134 cm³/mol. The largest absolute Gasteiger partial charge is 0.490 e. The first-order valence-electron chi connectivity index (χ1n) is 11.6. The van der Waals surface area contributed by atoms with Crippen molar-refractivity contribution < 1.29 is 13.5 Å². The number of imidazole rings is 1. The third-order valence-corrected chi connectivity index (χ3v) is 6.37. The van der Waals surface area contributed by atoms with Crippen molar-refractivity contribution in [2.75, 3.05) is 11.5 Å². The normalized spacial score (nSPS) is 14.7. The zero-order valence-electron chi connectivity index (χ0n) is 19.8. The van der Waals surface area contributed by atoms with Crippen molar-refractivity contribution in [1.29, 1.82) is 0 Å². The van der Waals surface area contributed by atoms with Gasteiger partial charge in [-0.1, -0.05) is 24.8 Å². The molecular formula is C27H21F2N7O. The molecule has 5 aromatic rings. The van der Waals surface area contributed by atoms with E-state index in [1.54, 1.807) is 35.6 Å². The SMILES string of the molecule is C=CN(c1ncc2nc(-c3cncnc3)n([C@@H]3CCOc4c(F)cccc43)c2n1)c1cc(F)ccc1C. The Labute approximate surface area is 211 Å². The minimum Gasteiger partial charge on any atom is -0.490 e. The second-order valence-corrected chi connectivity index (χ2v) is 8.61. The van der Waals surface area contributed by atoms with Crippen molar-refractivity contribution in [3.8, 4) is 17.1 Å². The van der Waals surface area contributed by atoms with Gasteiger partial charge in [0.2, 0.25) is 5.95 Å². The van der Waals surface area contributed by atoms with E-state index in [1.807, 2.05) is 17.6 Å². The summed E-state index contributed by atoms with van der Waals surface area (Å²) in [6.45, 7) is 6.09. The Hall–Kier alpha value is -4.73. The van der Waals surface area contributed by atoms with Gasteiger partial charge in [0.15, 0.2) is 17.2 Å². The van der Waals surface area contributed by atoms with Crippen molar-refractivity contribution in [3.05, 3.63) is 96.9 Å². The minimum absolute atomic E-state index is 0.216. The number of benzene rings is 2.